The summed E-state index contributed by atoms with van der Waals surface area (Å²) in [5.41, 5.74) is 1.17. The molecule has 1 aliphatic carbocycles. The number of methoxy groups -OCH3 is 2. The number of rotatable bonds is 7. The maximum Gasteiger partial charge on any atom is 0.307 e. The van der Waals surface area contributed by atoms with E-state index in [2.05, 4.69) is 11.4 Å². The van der Waals surface area contributed by atoms with Crippen LogP contribution < -0.4 is 10.1 Å². The molecule has 0 amide bonds. The molecule has 1 aromatic rings. The quantitative estimate of drug-likeness (QED) is 0.778. The first-order valence-corrected chi connectivity index (χ1v) is 7.16. The van der Waals surface area contributed by atoms with Crippen LogP contribution in [0.1, 0.15) is 31.2 Å². The molecule has 0 aliphatic heterocycles. The number of esters is 1. The number of hydrogen-bond donors (Lipinski definition) is 1. The molecule has 0 spiro atoms. The highest BCUT2D eigenvalue weighted by Gasteiger charge is 2.28. The van der Waals surface area contributed by atoms with Crippen molar-refractivity contribution in [3.05, 3.63) is 29.8 Å². The lowest BCUT2D eigenvalue weighted by molar-refractivity contribution is -0.141. The molecule has 20 heavy (non-hydrogen) atoms. The number of benzene rings is 1. The summed E-state index contributed by atoms with van der Waals surface area (Å²) < 4.78 is 10.0. The van der Waals surface area contributed by atoms with Gasteiger partial charge in [-0.25, -0.2) is 0 Å². The Morgan fingerprint density at radius 3 is 2.80 bits per heavy atom. The van der Waals surface area contributed by atoms with Gasteiger partial charge in [-0.1, -0.05) is 18.6 Å². The molecule has 0 radical (unpaired) electrons. The predicted molar refractivity (Wildman–Crippen MR) is 77.6 cm³/mol. The number of carbonyl (C=O) groups is 1. The Labute approximate surface area is 120 Å². The van der Waals surface area contributed by atoms with E-state index in [9.17, 15) is 4.79 Å². The van der Waals surface area contributed by atoms with E-state index in [0.717, 1.165) is 12.3 Å². The Morgan fingerprint density at radius 1 is 1.40 bits per heavy atom. The largest absolute Gasteiger partial charge is 0.497 e. The van der Waals surface area contributed by atoms with Gasteiger partial charge < -0.3 is 14.8 Å². The molecule has 1 aromatic carbocycles. The highest BCUT2D eigenvalue weighted by Crippen LogP contribution is 2.31. The van der Waals surface area contributed by atoms with Gasteiger partial charge in [0.05, 0.1) is 20.6 Å². The third kappa shape index (κ3) is 3.97. The fraction of sp³-hybridized carbons (Fsp3) is 0.562. The summed E-state index contributed by atoms with van der Waals surface area (Å²) in [4.78, 5) is 11.5. The molecule has 1 fully saturated rings. The SMILES string of the molecule is COC(=O)CC(NCc1cccc(OC)c1)C1CCC1. The molecule has 4 nitrogen and oxygen atoms in total. The van der Waals surface area contributed by atoms with Crippen LogP contribution in [-0.4, -0.2) is 26.2 Å². The number of ether oxygens (including phenoxy) is 2. The molecule has 0 saturated heterocycles. The van der Waals surface area contributed by atoms with E-state index in [4.69, 9.17) is 9.47 Å². The fourth-order valence-electron chi connectivity index (χ4n) is 2.54. The van der Waals surface area contributed by atoms with Gasteiger partial charge in [0.2, 0.25) is 0 Å². The standard InChI is InChI=1S/C16H23NO3/c1-19-14-8-3-5-12(9-14)11-17-15(10-16(18)20-2)13-6-4-7-13/h3,5,8-9,13,15,17H,4,6-7,10-11H2,1-2H3. The van der Waals surface area contributed by atoms with Gasteiger partial charge in [-0.05, 0) is 36.5 Å². The van der Waals surface area contributed by atoms with E-state index in [1.54, 1.807) is 7.11 Å². The maximum absolute atomic E-state index is 11.5. The number of hydrogen-bond acceptors (Lipinski definition) is 4. The van der Waals surface area contributed by atoms with Crippen LogP contribution in [0, 0.1) is 5.92 Å². The first kappa shape index (κ1) is 14.9. The lowest BCUT2D eigenvalue weighted by atomic mass is 9.78. The van der Waals surface area contributed by atoms with Gasteiger partial charge >= 0.3 is 5.97 Å². The molecule has 1 unspecified atom stereocenters. The minimum atomic E-state index is -0.139. The molecular formula is C16H23NO3. The van der Waals surface area contributed by atoms with Crippen molar-refractivity contribution in [3.63, 3.8) is 0 Å². The van der Waals surface area contributed by atoms with E-state index >= 15 is 0 Å². The summed E-state index contributed by atoms with van der Waals surface area (Å²) in [6, 6.07) is 8.20. The Kier molecular flexibility index (Phi) is 5.41. The van der Waals surface area contributed by atoms with Crippen molar-refractivity contribution in [1.29, 1.82) is 0 Å². The molecule has 2 rings (SSSR count). The van der Waals surface area contributed by atoms with Gasteiger partial charge in [0.1, 0.15) is 5.75 Å². The topological polar surface area (TPSA) is 47.6 Å². The minimum absolute atomic E-state index is 0.139. The highest BCUT2D eigenvalue weighted by molar-refractivity contribution is 5.70. The average Bonchev–Trinajstić information content (AvgIpc) is 2.43. The van der Waals surface area contributed by atoms with Crippen molar-refractivity contribution >= 4 is 5.97 Å². The molecule has 4 heteroatoms. The predicted octanol–water partition coefficient (Wildman–Crippen LogP) is 2.52. The summed E-state index contributed by atoms with van der Waals surface area (Å²) in [5.74, 6) is 1.32. The van der Waals surface area contributed by atoms with Crippen molar-refractivity contribution in [2.24, 2.45) is 5.92 Å². The van der Waals surface area contributed by atoms with E-state index in [1.165, 1.54) is 31.9 Å². The van der Waals surface area contributed by atoms with E-state index in [1.807, 2.05) is 18.2 Å². The summed E-state index contributed by atoms with van der Waals surface area (Å²) in [7, 11) is 3.11. The van der Waals surface area contributed by atoms with Crippen molar-refractivity contribution in [2.75, 3.05) is 14.2 Å². The second-order valence-corrected chi connectivity index (χ2v) is 5.31. The Bertz CT molecular complexity index is 443. The van der Waals surface area contributed by atoms with Gasteiger partial charge in [-0.2, -0.15) is 0 Å². The van der Waals surface area contributed by atoms with Crippen molar-refractivity contribution in [1.82, 2.24) is 5.32 Å². The zero-order valence-corrected chi connectivity index (χ0v) is 12.2. The number of nitrogens with one attached hydrogen (secondary N) is 1. The van der Waals surface area contributed by atoms with Crippen molar-refractivity contribution in [3.8, 4) is 5.75 Å². The molecule has 0 bridgehead atoms. The second kappa shape index (κ2) is 7.29. The van der Waals surface area contributed by atoms with Gasteiger partial charge in [0, 0.05) is 12.6 Å². The molecule has 1 aliphatic rings. The van der Waals surface area contributed by atoms with Crippen LogP contribution >= 0.6 is 0 Å². The molecule has 0 aromatic heterocycles. The van der Waals surface area contributed by atoms with Crippen LogP contribution in [-0.2, 0) is 16.1 Å². The Balaban J connectivity index is 1.91. The fourth-order valence-corrected chi connectivity index (χ4v) is 2.54. The van der Waals surface area contributed by atoms with Crippen molar-refractivity contribution in [2.45, 2.75) is 38.3 Å². The highest BCUT2D eigenvalue weighted by atomic mass is 16.5. The van der Waals surface area contributed by atoms with E-state index < -0.39 is 0 Å². The molecule has 1 N–H and O–H groups in total. The first-order valence-electron chi connectivity index (χ1n) is 7.16. The third-order valence-corrected chi connectivity index (χ3v) is 4.04. The van der Waals surface area contributed by atoms with Gasteiger partial charge in [0.15, 0.2) is 0 Å². The zero-order valence-electron chi connectivity index (χ0n) is 12.2. The lowest BCUT2D eigenvalue weighted by Crippen LogP contribution is -2.40. The van der Waals surface area contributed by atoms with Gasteiger partial charge in [-0.15, -0.1) is 0 Å². The minimum Gasteiger partial charge on any atom is -0.497 e. The van der Waals surface area contributed by atoms with Crippen LogP contribution in [0.2, 0.25) is 0 Å². The van der Waals surface area contributed by atoms with Gasteiger partial charge in [-0.3, -0.25) is 4.79 Å². The summed E-state index contributed by atoms with van der Waals surface area (Å²) in [5, 5.41) is 3.50. The van der Waals surface area contributed by atoms with Crippen LogP contribution in [0.3, 0.4) is 0 Å². The summed E-state index contributed by atoms with van der Waals surface area (Å²) in [6.45, 7) is 0.745. The lowest BCUT2D eigenvalue weighted by Gasteiger charge is -2.34. The van der Waals surface area contributed by atoms with Gasteiger partial charge in [0.25, 0.3) is 0 Å². The molecule has 1 saturated carbocycles. The van der Waals surface area contributed by atoms with Crippen molar-refractivity contribution < 1.29 is 14.3 Å². The third-order valence-electron chi connectivity index (χ3n) is 4.04. The summed E-state index contributed by atoms with van der Waals surface area (Å²) >= 11 is 0. The monoisotopic (exact) mass is 277 g/mol. The van der Waals surface area contributed by atoms with Crippen LogP contribution in [0.15, 0.2) is 24.3 Å². The first-order chi connectivity index (χ1) is 9.72. The molecular weight excluding hydrogens is 254 g/mol. The second-order valence-electron chi connectivity index (χ2n) is 5.31. The van der Waals surface area contributed by atoms with Crippen LogP contribution in [0.25, 0.3) is 0 Å². The van der Waals surface area contributed by atoms with E-state index in [0.29, 0.717) is 12.3 Å². The average molecular weight is 277 g/mol. The normalized spacial score (nSPS) is 16.3. The summed E-state index contributed by atoms with van der Waals surface area (Å²) in [6.07, 6.45) is 4.12. The Hall–Kier alpha value is -1.55. The smallest absolute Gasteiger partial charge is 0.307 e. The molecule has 0 heterocycles. The number of carbonyl (C=O) groups excluding carboxylic acids is 1. The Morgan fingerprint density at radius 2 is 2.20 bits per heavy atom. The zero-order chi connectivity index (χ0) is 14.4. The van der Waals surface area contributed by atoms with Crippen LogP contribution in [0.5, 0.6) is 5.75 Å². The maximum atomic E-state index is 11.5. The van der Waals surface area contributed by atoms with Crippen LogP contribution in [0.4, 0.5) is 0 Å². The molecule has 110 valence electrons. The van der Waals surface area contributed by atoms with E-state index in [-0.39, 0.29) is 12.0 Å². The molecule has 1 atom stereocenters.